The van der Waals surface area contributed by atoms with E-state index in [1.165, 1.54) is 5.56 Å². The van der Waals surface area contributed by atoms with E-state index in [-0.39, 0.29) is 12.1 Å². The fourth-order valence-corrected chi connectivity index (χ4v) is 3.47. The van der Waals surface area contributed by atoms with Crippen molar-refractivity contribution in [2.75, 3.05) is 6.54 Å². The average molecular weight is 329 g/mol. The fraction of sp³-hybridized carbons (Fsp3) is 0.579. The molecule has 0 spiro atoms. The highest BCUT2D eigenvalue weighted by Crippen LogP contribution is 2.27. The Morgan fingerprint density at radius 1 is 1.38 bits per heavy atom. The minimum absolute atomic E-state index is 0.186. The van der Waals surface area contributed by atoms with E-state index < -0.39 is 5.60 Å². The molecule has 0 unspecified atom stereocenters. The first kappa shape index (κ1) is 16.8. The summed E-state index contributed by atoms with van der Waals surface area (Å²) in [7, 11) is 0. The molecular formula is C19H27N3O2. The van der Waals surface area contributed by atoms with Crippen molar-refractivity contribution in [2.24, 2.45) is 5.92 Å². The van der Waals surface area contributed by atoms with Crippen LogP contribution >= 0.6 is 0 Å². The number of nitrogens with zero attached hydrogens (tertiary/aromatic N) is 3. The van der Waals surface area contributed by atoms with Crippen LogP contribution in [-0.4, -0.2) is 38.8 Å². The van der Waals surface area contributed by atoms with Gasteiger partial charge in [0.1, 0.15) is 5.60 Å². The summed E-state index contributed by atoms with van der Waals surface area (Å²) >= 11 is 0. The van der Waals surface area contributed by atoms with Gasteiger partial charge in [0.05, 0.1) is 5.52 Å². The SMILES string of the molecule is C[C@H]1C[C@H](Cc2ccn3nccc3c2)CCN1C(=O)OC(C)(C)C. The van der Waals surface area contributed by atoms with Gasteiger partial charge >= 0.3 is 6.09 Å². The quantitative estimate of drug-likeness (QED) is 0.839. The third-order valence-electron chi connectivity index (χ3n) is 4.60. The largest absolute Gasteiger partial charge is 0.444 e. The van der Waals surface area contributed by atoms with Gasteiger partial charge in [-0.3, -0.25) is 0 Å². The number of hydrogen-bond acceptors (Lipinski definition) is 3. The summed E-state index contributed by atoms with van der Waals surface area (Å²) < 4.78 is 7.40. The monoisotopic (exact) mass is 329 g/mol. The molecule has 130 valence electrons. The zero-order chi connectivity index (χ0) is 17.3. The maximum atomic E-state index is 12.3. The van der Waals surface area contributed by atoms with Crippen molar-refractivity contribution in [3.8, 4) is 0 Å². The first-order valence-corrected chi connectivity index (χ1v) is 8.74. The van der Waals surface area contributed by atoms with Gasteiger partial charge in [-0.1, -0.05) is 0 Å². The van der Waals surface area contributed by atoms with Crippen molar-refractivity contribution in [3.63, 3.8) is 0 Å². The Morgan fingerprint density at radius 3 is 2.88 bits per heavy atom. The van der Waals surface area contributed by atoms with Crippen molar-refractivity contribution in [1.82, 2.24) is 14.5 Å². The molecule has 1 aliphatic rings. The second-order valence-corrected chi connectivity index (χ2v) is 7.85. The molecule has 2 aromatic rings. The van der Waals surface area contributed by atoms with Gasteiger partial charge in [0, 0.05) is 25.0 Å². The maximum absolute atomic E-state index is 12.3. The molecule has 2 atom stereocenters. The first-order chi connectivity index (χ1) is 11.3. The zero-order valence-electron chi connectivity index (χ0n) is 15.0. The van der Waals surface area contributed by atoms with Crippen LogP contribution in [0.1, 0.15) is 46.1 Å². The molecule has 1 saturated heterocycles. The Labute approximate surface area is 143 Å². The molecule has 0 aliphatic carbocycles. The van der Waals surface area contributed by atoms with Crippen LogP contribution in [-0.2, 0) is 11.2 Å². The molecular weight excluding hydrogens is 302 g/mol. The molecule has 5 nitrogen and oxygen atoms in total. The third-order valence-corrected chi connectivity index (χ3v) is 4.60. The number of hydrogen-bond donors (Lipinski definition) is 0. The van der Waals surface area contributed by atoms with Crippen LogP contribution in [0.2, 0.25) is 0 Å². The van der Waals surface area contributed by atoms with E-state index >= 15 is 0 Å². The Bertz CT molecular complexity index is 717. The van der Waals surface area contributed by atoms with Gasteiger partial charge in [-0.25, -0.2) is 9.31 Å². The smallest absolute Gasteiger partial charge is 0.410 e. The van der Waals surface area contributed by atoms with Gasteiger partial charge in [-0.05, 0) is 76.6 Å². The van der Waals surface area contributed by atoms with Gasteiger partial charge in [0.15, 0.2) is 0 Å². The molecule has 3 rings (SSSR count). The molecule has 2 aromatic heterocycles. The van der Waals surface area contributed by atoms with Crippen molar-refractivity contribution in [1.29, 1.82) is 0 Å². The predicted octanol–water partition coefficient (Wildman–Crippen LogP) is 3.91. The van der Waals surface area contributed by atoms with E-state index in [0.29, 0.717) is 5.92 Å². The summed E-state index contributed by atoms with van der Waals surface area (Å²) in [5.74, 6) is 0.601. The summed E-state index contributed by atoms with van der Waals surface area (Å²) in [6.45, 7) is 8.63. The lowest BCUT2D eigenvalue weighted by Gasteiger charge is -2.38. The fourth-order valence-electron chi connectivity index (χ4n) is 3.47. The summed E-state index contributed by atoms with van der Waals surface area (Å²) in [5, 5.41) is 4.24. The molecule has 1 aliphatic heterocycles. The Balaban J connectivity index is 1.59. The lowest BCUT2D eigenvalue weighted by atomic mass is 9.87. The summed E-state index contributed by atoms with van der Waals surface area (Å²) in [6.07, 6.45) is 6.74. The summed E-state index contributed by atoms with van der Waals surface area (Å²) in [4.78, 5) is 14.2. The van der Waals surface area contributed by atoms with Gasteiger partial charge < -0.3 is 9.64 Å². The van der Waals surface area contributed by atoms with Crippen LogP contribution in [0.15, 0.2) is 30.6 Å². The molecule has 1 fully saturated rings. The number of carbonyl (C=O) groups is 1. The number of ether oxygens (including phenoxy) is 1. The molecule has 0 radical (unpaired) electrons. The van der Waals surface area contributed by atoms with Gasteiger partial charge in [-0.2, -0.15) is 5.10 Å². The van der Waals surface area contributed by atoms with Crippen molar-refractivity contribution >= 4 is 11.6 Å². The number of rotatable bonds is 2. The minimum atomic E-state index is -0.436. The van der Waals surface area contributed by atoms with Gasteiger partial charge in [-0.15, -0.1) is 0 Å². The minimum Gasteiger partial charge on any atom is -0.444 e. The maximum Gasteiger partial charge on any atom is 0.410 e. The molecule has 1 amide bonds. The summed E-state index contributed by atoms with van der Waals surface area (Å²) in [6, 6.07) is 6.59. The number of carbonyl (C=O) groups excluding carboxylic acids is 1. The highest BCUT2D eigenvalue weighted by Gasteiger charge is 2.31. The number of pyridine rings is 1. The molecule has 0 aromatic carbocycles. The highest BCUT2D eigenvalue weighted by molar-refractivity contribution is 5.68. The Hall–Kier alpha value is -2.04. The molecule has 0 bridgehead atoms. The van der Waals surface area contributed by atoms with Crippen LogP contribution in [0.5, 0.6) is 0 Å². The normalized spacial score (nSPS) is 21.9. The second-order valence-electron chi connectivity index (χ2n) is 7.85. The first-order valence-electron chi connectivity index (χ1n) is 8.74. The lowest BCUT2D eigenvalue weighted by molar-refractivity contribution is 0.00719. The van der Waals surface area contributed by atoms with Gasteiger partial charge in [0.25, 0.3) is 0 Å². The van der Waals surface area contributed by atoms with Crippen molar-refractivity contribution in [2.45, 2.75) is 58.6 Å². The van der Waals surface area contributed by atoms with Crippen molar-refractivity contribution in [3.05, 3.63) is 36.2 Å². The van der Waals surface area contributed by atoms with Gasteiger partial charge in [0.2, 0.25) is 0 Å². The summed E-state index contributed by atoms with van der Waals surface area (Å²) in [5.41, 5.74) is 2.03. The number of piperidine rings is 1. The third kappa shape index (κ3) is 3.89. The predicted molar refractivity (Wildman–Crippen MR) is 94.0 cm³/mol. The second kappa shape index (κ2) is 6.46. The lowest BCUT2D eigenvalue weighted by Crippen LogP contribution is -2.47. The van der Waals surface area contributed by atoms with E-state index in [9.17, 15) is 4.79 Å². The molecule has 3 heterocycles. The van der Waals surface area contributed by atoms with Crippen LogP contribution < -0.4 is 0 Å². The van der Waals surface area contributed by atoms with Crippen molar-refractivity contribution < 1.29 is 9.53 Å². The van der Waals surface area contributed by atoms with Crippen LogP contribution in [0, 0.1) is 5.92 Å². The average Bonchev–Trinajstić information content (AvgIpc) is 2.93. The zero-order valence-corrected chi connectivity index (χ0v) is 15.0. The number of amides is 1. The Kier molecular flexibility index (Phi) is 4.52. The standard InChI is InChI=1S/C19H27N3O2/c1-14-11-15(6-9-21(14)18(23)24-19(2,3)4)12-16-7-10-22-17(13-16)5-8-20-22/h5,7-8,10,13-15H,6,9,11-12H2,1-4H3/t14-,15+/m0/s1. The molecule has 5 heteroatoms. The topological polar surface area (TPSA) is 46.8 Å². The highest BCUT2D eigenvalue weighted by atomic mass is 16.6. The molecule has 24 heavy (non-hydrogen) atoms. The van der Waals surface area contributed by atoms with Crippen LogP contribution in [0.3, 0.4) is 0 Å². The molecule has 0 N–H and O–H groups in total. The molecule has 0 saturated carbocycles. The van der Waals surface area contributed by atoms with E-state index in [1.807, 2.05) is 48.6 Å². The van der Waals surface area contributed by atoms with E-state index in [1.54, 1.807) is 0 Å². The van der Waals surface area contributed by atoms with E-state index in [2.05, 4.69) is 24.2 Å². The van der Waals surface area contributed by atoms with E-state index in [4.69, 9.17) is 4.74 Å². The Morgan fingerprint density at radius 2 is 2.17 bits per heavy atom. The number of fused-ring (bicyclic) bond motifs is 1. The van der Waals surface area contributed by atoms with E-state index in [0.717, 1.165) is 31.3 Å². The number of likely N-dealkylation sites (tertiary alicyclic amines) is 1. The number of aromatic nitrogens is 2. The van der Waals surface area contributed by atoms with Crippen LogP contribution in [0.4, 0.5) is 4.79 Å². The van der Waals surface area contributed by atoms with Crippen LogP contribution in [0.25, 0.3) is 5.52 Å².